The molecule has 0 spiro atoms. The van der Waals surface area contributed by atoms with E-state index in [1.807, 2.05) is 46.1 Å². The van der Waals surface area contributed by atoms with Crippen LogP contribution in [0.25, 0.3) is 5.52 Å². The average Bonchev–Trinajstić information content (AvgIpc) is 3.17. The van der Waals surface area contributed by atoms with E-state index in [0.29, 0.717) is 24.4 Å². The van der Waals surface area contributed by atoms with Crippen LogP contribution in [-0.4, -0.2) is 58.7 Å². The standard InChI is InChI=1S/C22H25N5O2/c1-29-19-9-5-3-7-17(19)22(28)26-14-12-25(13-15-26)21-20-16-6-2-4-8-18(16)24-27(20)11-10-23-21/h3,5,7,9-11H,2,4,6,8,12-15H2,1H3. The topological polar surface area (TPSA) is 63.0 Å². The highest BCUT2D eigenvalue weighted by molar-refractivity contribution is 5.97. The summed E-state index contributed by atoms with van der Waals surface area (Å²) in [4.78, 5) is 21.9. The predicted octanol–water partition coefficient (Wildman–Crippen LogP) is 2.58. The maximum absolute atomic E-state index is 13.0. The molecule has 0 bridgehead atoms. The van der Waals surface area contributed by atoms with Crippen molar-refractivity contribution in [2.24, 2.45) is 0 Å². The van der Waals surface area contributed by atoms with Gasteiger partial charge in [0.2, 0.25) is 0 Å². The van der Waals surface area contributed by atoms with Crippen molar-refractivity contribution in [3.8, 4) is 5.75 Å². The average molecular weight is 391 g/mol. The number of benzene rings is 1. The van der Waals surface area contributed by atoms with Gasteiger partial charge in [0.15, 0.2) is 5.82 Å². The zero-order valence-corrected chi connectivity index (χ0v) is 16.7. The third kappa shape index (κ3) is 3.10. The number of nitrogens with zero attached hydrogens (tertiary/aromatic N) is 5. The van der Waals surface area contributed by atoms with E-state index in [9.17, 15) is 4.79 Å². The lowest BCUT2D eigenvalue weighted by molar-refractivity contribution is 0.0743. The van der Waals surface area contributed by atoms with Crippen molar-refractivity contribution >= 4 is 17.2 Å². The summed E-state index contributed by atoms with van der Waals surface area (Å²) < 4.78 is 7.35. The van der Waals surface area contributed by atoms with Gasteiger partial charge in [-0.05, 0) is 37.8 Å². The summed E-state index contributed by atoms with van der Waals surface area (Å²) in [5, 5.41) is 4.78. The van der Waals surface area contributed by atoms with Crippen molar-refractivity contribution in [1.82, 2.24) is 19.5 Å². The normalized spacial score (nSPS) is 16.7. The van der Waals surface area contributed by atoms with Gasteiger partial charge in [0.05, 0.1) is 18.4 Å². The molecule has 0 unspecified atom stereocenters. The Labute approximate surface area is 169 Å². The van der Waals surface area contributed by atoms with E-state index in [1.165, 1.54) is 24.1 Å². The van der Waals surface area contributed by atoms with Crippen molar-refractivity contribution in [1.29, 1.82) is 0 Å². The van der Waals surface area contributed by atoms with Gasteiger partial charge < -0.3 is 14.5 Å². The Morgan fingerprint density at radius 3 is 2.69 bits per heavy atom. The van der Waals surface area contributed by atoms with Gasteiger partial charge in [-0.2, -0.15) is 5.10 Å². The van der Waals surface area contributed by atoms with Crippen LogP contribution >= 0.6 is 0 Å². The number of carbonyl (C=O) groups excluding carboxylic acids is 1. The molecule has 2 aromatic heterocycles. The Morgan fingerprint density at radius 1 is 1.07 bits per heavy atom. The highest BCUT2D eigenvalue weighted by Crippen LogP contribution is 2.30. The van der Waals surface area contributed by atoms with Gasteiger partial charge in [0, 0.05) is 44.1 Å². The van der Waals surface area contributed by atoms with Gasteiger partial charge in [-0.1, -0.05) is 12.1 Å². The van der Waals surface area contributed by atoms with Crippen LogP contribution in [0.5, 0.6) is 5.75 Å². The highest BCUT2D eigenvalue weighted by atomic mass is 16.5. The van der Waals surface area contributed by atoms with Crippen molar-refractivity contribution in [2.45, 2.75) is 25.7 Å². The van der Waals surface area contributed by atoms with E-state index in [-0.39, 0.29) is 5.91 Å². The number of hydrogen-bond acceptors (Lipinski definition) is 5. The van der Waals surface area contributed by atoms with Crippen LogP contribution in [0.3, 0.4) is 0 Å². The molecule has 0 saturated carbocycles. The molecular weight excluding hydrogens is 366 g/mol. The molecule has 1 amide bonds. The molecule has 1 fully saturated rings. The molecule has 0 atom stereocenters. The number of aromatic nitrogens is 3. The van der Waals surface area contributed by atoms with Crippen LogP contribution in [0.2, 0.25) is 0 Å². The van der Waals surface area contributed by atoms with Crippen molar-refractivity contribution in [3.63, 3.8) is 0 Å². The van der Waals surface area contributed by atoms with E-state index in [2.05, 4.69) is 4.90 Å². The molecule has 1 aliphatic carbocycles. The molecule has 5 rings (SSSR count). The second kappa shape index (κ2) is 7.39. The number of anilines is 1. The molecule has 0 radical (unpaired) electrons. The molecule has 3 heterocycles. The van der Waals surface area contributed by atoms with Crippen LogP contribution in [-0.2, 0) is 12.8 Å². The number of ether oxygens (including phenoxy) is 1. The van der Waals surface area contributed by atoms with Gasteiger partial charge in [-0.15, -0.1) is 0 Å². The minimum atomic E-state index is 0.0231. The lowest BCUT2D eigenvalue weighted by Crippen LogP contribution is -2.49. The van der Waals surface area contributed by atoms with Crippen LogP contribution in [0, 0.1) is 0 Å². The number of aryl methyl sites for hydroxylation is 2. The zero-order chi connectivity index (χ0) is 19.8. The fourth-order valence-corrected chi connectivity index (χ4v) is 4.49. The Morgan fingerprint density at radius 2 is 1.86 bits per heavy atom. The van der Waals surface area contributed by atoms with Crippen molar-refractivity contribution in [3.05, 3.63) is 53.5 Å². The minimum absolute atomic E-state index is 0.0231. The number of fused-ring (bicyclic) bond motifs is 3. The second-order valence-corrected chi connectivity index (χ2v) is 7.66. The molecule has 0 N–H and O–H groups in total. The number of methoxy groups -OCH3 is 1. The van der Waals surface area contributed by atoms with Crippen LogP contribution in [0.4, 0.5) is 5.82 Å². The molecule has 7 heteroatoms. The summed E-state index contributed by atoms with van der Waals surface area (Å²) in [6.07, 6.45) is 8.32. The third-order valence-electron chi connectivity index (χ3n) is 6.00. The third-order valence-corrected chi connectivity index (χ3v) is 6.00. The first-order chi connectivity index (χ1) is 14.3. The minimum Gasteiger partial charge on any atom is -0.496 e. The van der Waals surface area contributed by atoms with E-state index in [0.717, 1.165) is 37.3 Å². The number of piperazine rings is 1. The first-order valence-corrected chi connectivity index (χ1v) is 10.3. The molecular formula is C22H25N5O2. The Bertz CT molecular complexity index is 1050. The number of para-hydroxylation sites is 1. The smallest absolute Gasteiger partial charge is 0.257 e. The summed E-state index contributed by atoms with van der Waals surface area (Å²) >= 11 is 0. The van der Waals surface area contributed by atoms with E-state index < -0.39 is 0 Å². The fraction of sp³-hybridized carbons (Fsp3) is 0.409. The molecule has 3 aromatic rings. The van der Waals surface area contributed by atoms with Crippen LogP contribution in [0.15, 0.2) is 36.7 Å². The van der Waals surface area contributed by atoms with Crippen LogP contribution < -0.4 is 9.64 Å². The lowest BCUT2D eigenvalue weighted by atomic mass is 9.97. The summed E-state index contributed by atoms with van der Waals surface area (Å²) in [7, 11) is 1.60. The summed E-state index contributed by atoms with van der Waals surface area (Å²) in [6, 6.07) is 7.41. The van der Waals surface area contributed by atoms with E-state index in [4.69, 9.17) is 14.8 Å². The Kier molecular flexibility index (Phi) is 4.58. The summed E-state index contributed by atoms with van der Waals surface area (Å²) in [5.74, 6) is 1.64. The largest absolute Gasteiger partial charge is 0.496 e. The number of amides is 1. The number of rotatable bonds is 3. The fourth-order valence-electron chi connectivity index (χ4n) is 4.49. The second-order valence-electron chi connectivity index (χ2n) is 7.66. The van der Waals surface area contributed by atoms with Gasteiger partial charge in [-0.25, -0.2) is 9.50 Å². The van der Waals surface area contributed by atoms with Crippen LogP contribution in [0.1, 0.15) is 34.5 Å². The number of hydrogen-bond donors (Lipinski definition) is 0. The molecule has 2 aliphatic rings. The molecule has 29 heavy (non-hydrogen) atoms. The summed E-state index contributed by atoms with van der Waals surface area (Å²) in [6.45, 7) is 2.84. The molecule has 1 saturated heterocycles. The van der Waals surface area contributed by atoms with Gasteiger partial charge in [0.25, 0.3) is 5.91 Å². The zero-order valence-electron chi connectivity index (χ0n) is 16.7. The van der Waals surface area contributed by atoms with Gasteiger partial charge in [-0.3, -0.25) is 4.79 Å². The summed E-state index contributed by atoms with van der Waals surface area (Å²) in [5.41, 5.74) is 4.34. The highest BCUT2D eigenvalue weighted by Gasteiger charge is 2.27. The lowest BCUT2D eigenvalue weighted by Gasteiger charge is -2.36. The molecule has 7 nitrogen and oxygen atoms in total. The Balaban J connectivity index is 1.37. The van der Waals surface area contributed by atoms with E-state index in [1.54, 1.807) is 7.11 Å². The first-order valence-electron chi connectivity index (χ1n) is 10.3. The maximum Gasteiger partial charge on any atom is 0.257 e. The van der Waals surface area contributed by atoms with Crippen molar-refractivity contribution in [2.75, 3.05) is 38.2 Å². The SMILES string of the molecule is COc1ccccc1C(=O)N1CCN(c2nccn3nc4c(c23)CCCC4)CC1. The van der Waals surface area contributed by atoms with E-state index >= 15 is 0 Å². The quantitative estimate of drug-likeness (QED) is 0.687. The molecule has 150 valence electrons. The van der Waals surface area contributed by atoms with Gasteiger partial charge in [0.1, 0.15) is 11.3 Å². The van der Waals surface area contributed by atoms with Gasteiger partial charge >= 0.3 is 0 Å². The van der Waals surface area contributed by atoms with Crippen molar-refractivity contribution < 1.29 is 9.53 Å². The Hall–Kier alpha value is -3.09. The predicted molar refractivity (Wildman–Crippen MR) is 111 cm³/mol. The monoisotopic (exact) mass is 391 g/mol. The maximum atomic E-state index is 13.0. The first kappa shape index (κ1) is 18.0. The molecule has 1 aromatic carbocycles. The molecule has 1 aliphatic heterocycles. The number of carbonyl (C=O) groups is 1.